The van der Waals surface area contributed by atoms with Gasteiger partial charge >= 0.3 is 11.4 Å². The summed E-state index contributed by atoms with van der Waals surface area (Å²) in [5.41, 5.74) is -0.0103. The van der Waals surface area contributed by atoms with Gasteiger partial charge in [-0.15, -0.1) is 0 Å². The summed E-state index contributed by atoms with van der Waals surface area (Å²) in [4.78, 5) is 23.3. The maximum Gasteiger partial charge on any atom is 0.422 e. The Kier molecular flexibility index (Phi) is 5.09. The van der Waals surface area contributed by atoms with E-state index in [0.29, 0.717) is 43.7 Å². The molecule has 0 saturated carbocycles. The Morgan fingerprint density at radius 3 is 2.75 bits per heavy atom. The van der Waals surface area contributed by atoms with Gasteiger partial charge in [-0.3, -0.25) is 4.57 Å². The monoisotopic (exact) mass is 279 g/mol. The van der Waals surface area contributed by atoms with Crippen LogP contribution in [-0.4, -0.2) is 31.5 Å². The third-order valence-corrected chi connectivity index (χ3v) is 2.92. The van der Waals surface area contributed by atoms with Gasteiger partial charge in [0.05, 0.1) is 24.1 Å². The quantitative estimate of drug-likeness (QED) is 0.707. The summed E-state index contributed by atoms with van der Waals surface area (Å²) < 4.78 is 16.4. The molecule has 0 amide bonds. The minimum atomic E-state index is -0.634. The van der Waals surface area contributed by atoms with Gasteiger partial charge in [0.15, 0.2) is 0 Å². The molecule has 0 aliphatic rings. The summed E-state index contributed by atoms with van der Waals surface area (Å²) in [6, 6.07) is 6.90. The van der Waals surface area contributed by atoms with E-state index >= 15 is 0 Å². The van der Waals surface area contributed by atoms with Gasteiger partial charge in [0, 0.05) is 20.3 Å². The lowest BCUT2D eigenvalue weighted by atomic mass is 10.2. The van der Waals surface area contributed by atoms with Crippen LogP contribution in [0.5, 0.6) is 0 Å². The second-order valence-corrected chi connectivity index (χ2v) is 4.28. The van der Waals surface area contributed by atoms with E-state index in [0.717, 1.165) is 0 Å². The van der Waals surface area contributed by atoms with Crippen molar-refractivity contribution in [2.45, 2.75) is 13.0 Å². The van der Waals surface area contributed by atoms with Gasteiger partial charge in [-0.25, -0.2) is 9.59 Å². The van der Waals surface area contributed by atoms with Crippen LogP contribution in [0.4, 0.5) is 0 Å². The Hall–Kier alpha value is -1.92. The molecule has 108 valence electrons. The highest BCUT2D eigenvalue weighted by Gasteiger charge is 2.08. The molecule has 0 fully saturated rings. The van der Waals surface area contributed by atoms with Crippen molar-refractivity contribution in [2.24, 2.45) is 0 Å². The smallest absolute Gasteiger partial charge is 0.382 e. The number of hydrogen-bond donors (Lipinski definition) is 0. The standard InChI is InChI=1S/C14H17NO5/c1-18-9-10-19-8-4-7-15-12-6-3-2-5-11(12)13(16)20-14(15)17/h2-3,5-6H,4,7-10H2,1H3. The number of aryl methyl sites for hydroxylation is 1. The van der Waals surface area contributed by atoms with Crippen LogP contribution >= 0.6 is 0 Å². The van der Waals surface area contributed by atoms with Crippen LogP contribution in [0.1, 0.15) is 6.42 Å². The largest absolute Gasteiger partial charge is 0.422 e. The van der Waals surface area contributed by atoms with E-state index in [1.807, 2.05) is 0 Å². The summed E-state index contributed by atoms with van der Waals surface area (Å²) in [6.07, 6.45) is 0.654. The highest BCUT2D eigenvalue weighted by molar-refractivity contribution is 5.77. The zero-order chi connectivity index (χ0) is 14.4. The van der Waals surface area contributed by atoms with E-state index in [4.69, 9.17) is 13.9 Å². The van der Waals surface area contributed by atoms with Crippen molar-refractivity contribution in [2.75, 3.05) is 26.9 Å². The first kappa shape index (κ1) is 14.5. The van der Waals surface area contributed by atoms with Crippen LogP contribution in [-0.2, 0) is 16.0 Å². The van der Waals surface area contributed by atoms with Crippen molar-refractivity contribution < 1.29 is 13.9 Å². The molecule has 0 spiro atoms. The lowest BCUT2D eigenvalue weighted by molar-refractivity contribution is 0.0678. The fraction of sp³-hybridized carbons (Fsp3) is 0.429. The molecule has 1 aromatic heterocycles. The number of rotatable bonds is 7. The summed E-state index contributed by atoms with van der Waals surface area (Å²) >= 11 is 0. The van der Waals surface area contributed by atoms with E-state index < -0.39 is 11.4 Å². The SMILES string of the molecule is COCCOCCCn1c(=O)oc(=O)c2ccccc21. The van der Waals surface area contributed by atoms with E-state index in [1.165, 1.54) is 4.57 Å². The zero-order valence-electron chi connectivity index (χ0n) is 11.3. The molecule has 2 aromatic rings. The zero-order valence-corrected chi connectivity index (χ0v) is 11.3. The minimum absolute atomic E-state index is 0.410. The molecule has 0 bridgehead atoms. The lowest BCUT2D eigenvalue weighted by Crippen LogP contribution is -2.25. The molecule has 0 saturated heterocycles. The molecule has 0 atom stereocenters. The summed E-state index contributed by atoms with van der Waals surface area (Å²) in [7, 11) is 1.61. The number of methoxy groups -OCH3 is 1. The molecule has 0 N–H and O–H groups in total. The molecular formula is C14H17NO5. The predicted octanol–water partition coefficient (Wildman–Crippen LogP) is 1.01. The van der Waals surface area contributed by atoms with Gasteiger partial charge < -0.3 is 13.9 Å². The molecule has 0 aliphatic carbocycles. The third kappa shape index (κ3) is 3.34. The van der Waals surface area contributed by atoms with Gasteiger partial charge in [0.25, 0.3) is 0 Å². The number of para-hydroxylation sites is 1. The minimum Gasteiger partial charge on any atom is -0.382 e. The molecule has 6 heteroatoms. The highest BCUT2D eigenvalue weighted by Crippen LogP contribution is 2.07. The number of fused-ring (bicyclic) bond motifs is 1. The summed E-state index contributed by atoms with van der Waals surface area (Å²) in [5, 5.41) is 0.410. The van der Waals surface area contributed by atoms with Gasteiger partial charge in [-0.05, 0) is 18.6 Å². The van der Waals surface area contributed by atoms with Gasteiger partial charge in [0.1, 0.15) is 0 Å². The Bertz CT molecular complexity index is 673. The molecular weight excluding hydrogens is 262 g/mol. The van der Waals surface area contributed by atoms with Crippen LogP contribution in [0.25, 0.3) is 10.9 Å². The van der Waals surface area contributed by atoms with E-state index in [2.05, 4.69) is 0 Å². The maximum atomic E-state index is 11.8. The summed E-state index contributed by atoms with van der Waals surface area (Å²) in [5.74, 6) is -0.634. The Labute approximate surface area is 115 Å². The molecule has 2 rings (SSSR count). The highest BCUT2D eigenvalue weighted by atomic mass is 16.5. The first-order valence-electron chi connectivity index (χ1n) is 6.43. The number of nitrogens with zero attached hydrogens (tertiary/aromatic N) is 1. The fourth-order valence-electron chi connectivity index (χ4n) is 1.95. The molecule has 1 heterocycles. The van der Waals surface area contributed by atoms with Crippen molar-refractivity contribution in [3.63, 3.8) is 0 Å². The normalized spacial score (nSPS) is 11.1. The van der Waals surface area contributed by atoms with Crippen LogP contribution in [0.15, 0.2) is 38.3 Å². The Morgan fingerprint density at radius 1 is 1.15 bits per heavy atom. The van der Waals surface area contributed by atoms with Crippen LogP contribution < -0.4 is 11.4 Å². The second-order valence-electron chi connectivity index (χ2n) is 4.28. The average Bonchev–Trinajstić information content (AvgIpc) is 2.45. The third-order valence-electron chi connectivity index (χ3n) is 2.92. The first-order valence-corrected chi connectivity index (χ1v) is 6.43. The second kappa shape index (κ2) is 7.02. The topological polar surface area (TPSA) is 70.7 Å². The molecule has 1 aromatic carbocycles. The number of aromatic nitrogens is 1. The lowest BCUT2D eigenvalue weighted by Gasteiger charge is -2.08. The van der Waals surface area contributed by atoms with Crippen molar-refractivity contribution in [3.8, 4) is 0 Å². The van der Waals surface area contributed by atoms with Crippen LogP contribution in [0, 0.1) is 0 Å². The molecule has 0 radical (unpaired) electrons. The Morgan fingerprint density at radius 2 is 1.95 bits per heavy atom. The predicted molar refractivity (Wildman–Crippen MR) is 74.1 cm³/mol. The Balaban J connectivity index is 2.10. The molecule has 0 aliphatic heterocycles. The van der Waals surface area contributed by atoms with Crippen LogP contribution in [0.3, 0.4) is 0 Å². The van der Waals surface area contributed by atoms with Crippen LogP contribution in [0.2, 0.25) is 0 Å². The van der Waals surface area contributed by atoms with E-state index in [-0.39, 0.29) is 0 Å². The number of ether oxygens (including phenoxy) is 2. The average molecular weight is 279 g/mol. The van der Waals surface area contributed by atoms with Crippen molar-refractivity contribution in [3.05, 3.63) is 45.2 Å². The van der Waals surface area contributed by atoms with Crippen molar-refractivity contribution >= 4 is 10.9 Å². The van der Waals surface area contributed by atoms with E-state index in [1.54, 1.807) is 31.4 Å². The van der Waals surface area contributed by atoms with E-state index in [9.17, 15) is 9.59 Å². The molecule has 6 nitrogen and oxygen atoms in total. The summed E-state index contributed by atoms with van der Waals surface area (Å²) in [6.45, 7) is 2.03. The number of benzene rings is 1. The molecule has 20 heavy (non-hydrogen) atoms. The van der Waals surface area contributed by atoms with Gasteiger partial charge in [-0.2, -0.15) is 0 Å². The van der Waals surface area contributed by atoms with Gasteiger partial charge in [0.2, 0.25) is 0 Å². The molecule has 0 unspecified atom stereocenters. The van der Waals surface area contributed by atoms with Crippen molar-refractivity contribution in [1.82, 2.24) is 4.57 Å². The first-order chi connectivity index (χ1) is 9.74. The number of hydrogen-bond acceptors (Lipinski definition) is 5. The fourth-order valence-corrected chi connectivity index (χ4v) is 1.95. The van der Waals surface area contributed by atoms with Gasteiger partial charge in [-0.1, -0.05) is 12.1 Å². The maximum absolute atomic E-state index is 11.8. The van der Waals surface area contributed by atoms with Crippen molar-refractivity contribution in [1.29, 1.82) is 0 Å².